The molecule has 82 valence electrons. The molecule has 0 aliphatic rings. The third-order valence-electron chi connectivity index (χ3n) is 2.48. The predicted molar refractivity (Wildman–Crippen MR) is 71.5 cm³/mol. The Labute approximate surface area is 104 Å². The fraction of sp³-hybridized carbons (Fsp3) is 0.154. The number of aryl methyl sites for hydroxylation is 2. The standard InChI is InChI=1S/C13H13BrN2/c1-10-8-11(14)5-6-13(10)15-9-12-4-3-7-16(12)2/h3-9H,1-2H3. The lowest BCUT2D eigenvalue weighted by Gasteiger charge is -2.00. The molecule has 0 saturated carbocycles. The molecule has 2 rings (SSSR count). The van der Waals surface area contributed by atoms with Gasteiger partial charge in [0.15, 0.2) is 0 Å². The van der Waals surface area contributed by atoms with Gasteiger partial charge in [-0.15, -0.1) is 0 Å². The van der Waals surface area contributed by atoms with E-state index in [1.165, 1.54) is 5.56 Å². The highest BCUT2D eigenvalue weighted by Gasteiger charge is 1.97. The van der Waals surface area contributed by atoms with Crippen molar-refractivity contribution in [2.45, 2.75) is 6.92 Å². The van der Waals surface area contributed by atoms with Crippen molar-refractivity contribution < 1.29 is 0 Å². The quantitative estimate of drug-likeness (QED) is 0.742. The zero-order valence-electron chi connectivity index (χ0n) is 9.31. The second-order valence-corrected chi connectivity index (χ2v) is 4.65. The largest absolute Gasteiger partial charge is 0.350 e. The minimum absolute atomic E-state index is 1.00. The molecule has 2 aromatic rings. The summed E-state index contributed by atoms with van der Waals surface area (Å²) in [5, 5.41) is 0. The number of rotatable bonds is 2. The molecular formula is C13H13BrN2. The molecule has 0 saturated heterocycles. The van der Waals surface area contributed by atoms with Crippen LogP contribution in [0, 0.1) is 6.92 Å². The summed E-state index contributed by atoms with van der Waals surface area (Å²) < 4.78 is 3.13. The van der Waals surface area contributed by atoms with Crippen LogP contribution in [0.5, 0.6) is 0 Å². The van der Waals surface area contributed by atoms with Crippen molar-refractivity contribution in [3.8, 4) is 0 Å². The maximum absolute atomic E-state index is 4.48. The van der Waals surface area contributed by atoms with Gasteiger partial charge in [0.05, 0.1) is 17.6 Å². The normalized spacial score (nSPS) is 11.2. The van der Waals surface area contributed by atoms with Gasteiger partial charge in [-0.1, -0.05) is 15.9 Å². The number of hydrogen-bond acceptors (Lipinski definition) is 1. The van der Waals surface area contributed by atoms with Crippen LogP contribution in [0.4, 0.5) is 5.69 Å². The minimum atomic E-state index is 1.00. The van der Waals surface area contributed by atoms with Crippen molar-refractivity contribution >= 4 is 27.8 Å². The Balaban J connectivity index is 2.27. The smallest absolute Gasteiger partial charge is 0.0660 e. The monoisotopic (exact) mass is 276 g/mol. The maximum Gasteiger partial charge on any atom is 0.0660 e. The summed E-state index contributed by atoms with van der Waals surface area (Å²) in [6, 6.07) is 10.1. The van der Waals surface area contributed by atoms with Crippen molar-refractivity contribution in [2.75, 3.05) is 0 Å². The van der Waals surface area contributed by atoms with E-state index in [1.807, 2.05) is 48.3 Å². The van der Waals surface area contributed by atoms with Crippen molar-refractivity contribution in [1.82, 2.24) is 4.57 Å². The molecule has 0 aliphatic heterocycles. The lowest BCUT2D eigenvalue weighted by atomic mass is 10.2. The van der Waals surface area contributed by atoms with E-state index in [9.17, 15) is 0 Å². The fourth-order valence-corrected chi connectivity index (χ4v) is 1.98. The highest BCUT2D eigenvalue weighted by atomic mass is 79.9. The van der Waals surface area contributed by atoms with Crippen LogP contribution in [0.15, 0.2) is 46.0 Å². The van der Waals surface area contributed by atoms with Gasteiger partial charge in [0, 0.05) is 17.7 Å². The molecular weight excluding hydrogens is 264 g/mol. The highest BCUT2D eigenvalue weighted by molar-refractivity contribution is 9.10. The van der Waals surface area contributed by atoms with Crippen molar-refractivity contribution in [3.05, 3.63) is 52.3 Å². The molecule has 0 unspecified atom stereocenters. The molecule has 1 aromatic heterocycles. The van der Waals surface area contributed by atoms with Crippen LogP contribution in [0.1, 0.15) is 11.3 Å². The Bertz CT molecular complexity index is 526. The summed E-state index contributed by atoms with van der Waals surface area (Å²) in [7, 11) is 2.01. The van der Waals surface area contributed by atoms with Gasteiger partial charge in [0.2, 0.25) is 0 Å². The van der Waals surface area contributed by atoms with Crippen LogP contribution in [0.25, 0.3) is 0 Å². The SMILES string of the molecule is Cc1cc(Br)ccc1N=Cc1cccn1C. The van der Waals surface area contributed by atoms with Gasteiger partial charge in [-0.05, 0) is 42.8 Å². The van der Waals surface area contributed by atoms with Crippen LogP contribution in [-0.2, 0) is 7.05 Å². The summed E-state index contributed by atoms with van der Waals surface area (Å²) >= 11 is 3.44. The topological polar surface area (TPSA) is 17.3 Å². The highest BCUT2D eigenvalue weighted by Crippen LogP contribution is 2.22. The number of nitrogens with zero attached hydrogens (tertiary/aromatic N) is 2. The van der Waals surface area contributed by atoms with Crippen molar-refractivity contribution in [1.29, 1.82) is 0 Å². The lowest BCUT2D eigenvalue weighted by molar-refractivity contribution is 0.918. The number of aliphatic imine (C=N–C) groups is 1. The zero-order valence-corrected chi connectivity index (χ0v) is 10.9. The first-order valence-corrected chi connectivity index (χ1v) is 5.87. The average Bonchev–Trinajstić information content (AvgIpc) is 2.63. The van der Waals surface area contributed by atoms with Gasteiger partial charge >= 0.3 is 0 Å². The first-order valence-electron chi connectivity index (χ1n) is 5.08. The zero-order chi connectivity index (χ0) is 11.5. The minimum Gasteiger partial charge on any atom is -0.350 e. The summed E-state index contributed by atoms with van der Waals surface area (Å²) in [6.07, 6.45) is 3.89. The van der Waals surface area contributed by atoms with Gasteiger partial charge in [-0.2, -0.15) is 0 Å². The van der Waals surface area contributed by atoms with E-state index in [2.05, 4.69) is 33.9 Å². The molecule has 0 aliphatic carbocycles. The number of benzene rings is 1. The predicted octanol–water partition coefficient (Wildman–Crippen LogP) is 3.85. The van der Waals surface area contributed by atoms with E-state index >= 15 is 0 Å². The summed E-state index contributed by atoms with van der Waals surface area (Å²) in [4.78, 5) is 4.48. The number of halogens is 1. The van der Waals surface area contributed by atoms with Gasteiger partial charge in [-0.25, -0.2) is 0 Å². The Morgan fingerprint density at radius 3 is 2.75 bits per heavy atom. The summed E-state index contributed by atoms with van der Waals surface area (Å²) in [5.41, 5.74) is 3.27. The van der Waals surface area contributed by atoms with Gasteiger partial charge in [0.25, 0.3) is 0 Å². The van der Waals surface area contributed by atoms with Crippen molar-refractivity contribution in [3.63, 3.8) is 0 Å². The molecule has 1 heterocycles. The Morgan fingerprint density at radius 2 is 2.12 bits per heavy atom. The van der Waals surface area contributed by atoms with E-state index in [4.69, 9.17) is 0 Å². The van der Waals surface area contributed by atoms with E-state index in [1.54, 1.807) is 0 Å². The summed E-state index contributed by atoms with van der Waals surface area (Å²) in [6.45, 7) is 2.06. The fourth-order valence-electron chi connectivity index (χ4n) is 1.51. The van der Waals surface area contributed by atoms with Gasteiger partial charge in [-0.3, -0.25) is 4.99 Å². The molecule has 0 fully saturated rings. The number of hydrogen-bond donors (Lipinski definition) is 0. The molecule has 0 bridgehead atoms. The Kier molecular flexibility index (Phi) is 3.25. The lowest BCUT2D eigenvalue weighted by Crippen LogP contribution is -1.92. The van der Waals surface area contributed by atoms with Crippen LogP contribution < -0.4 is 0 Å². The summed E-state index contributed by atoms with van der Waals surface area (Å²) in [5.74, 6) is 0. The third-order valence-corrected chi connectivity index (χ3v) is 2.97. The molecule has 0 amide bonds. The Hall–Kier alpha value is -1.35. The van der Waals surface area contributed by atoms with Gasteiger partial charge < -0.3 is 4.57 Å². The average molecular weight is 277 g/mol. The van der Waals surface area contributed by atoms with Crippen LogP contribution in [-0.4, -0.2) is 10.8 Å². The maximum atomic E-state index is 4.48. The molecule has 0 N–H and O–H groups in total. The Morgan fingerprint density at radius 1 is 1.31 bits per heavy atom. The second-order valence-electron chi connectivity index (χ2n) is 3.73. The van der Waals surface area contributed by atoms with Crippen LogP contribution >= 0.6 is 15.9 Å². The van der Waals surface area contributed by atoms with Crippen LogP contribution in [0.2, 0.25) is 0 Å². The molecule has 0 atom stereocenters. The van der Waals surface area contributed by atoms with E-state index in [-0.39, 0.29) is 0 Å². The van der Waals surface area contributed by atoms with E-state index < -0.39 is 0 Å². The molecule has 1 aromatic carbocycles. The van der Waals surface area contributed by atoms with Gasteiger partial charge in [0.1, 0.15) is 0 Å². The van der Waals surface area contributed by atoms with E-state index in [0.29, 0.717) is 0 Å². The molecule has 0 radical (unpaired) electrons. The molecule has 16 heavy (non-hydrogen) atoms. The van der Waals surface area contributed by atoms with Crippen LogP contribution in [0.3, 0.4) is 0 Å². The third kappa shape index (κ3) is 2.42. The van der Waals surface area contributed by atoms with Crippen molar-refractivity contribution in [2.24, 2.45) is 12.0 Å². The first-order chi connectivity index (χ1) is 7.66. The number of aromatic nitrogens is 1. The molecule has 2 nitrogen and oxygen atoms in total. The molecule has 0 spiro atoms. The second kappa shape index (κ2) is 4.66. The molecule has 3 heteroatoms. The van der Waals surface area contributed by atoms with E-state index in [0.717, 1.165) is 15.9 Å². The first kappa shape index (κ1) is 11.1.